The number of nitrogens with zero attached hydrogens (tertiary/aromatic N) is 6. The number of nitrogens with one attached hydrogen (secondary N) is 3. The van der Waals surface area contributed by atoms with Crippen LogP contribution in [0.5, 0.6) is 0 Å². The Labute approximate surface area is 950 Å². The first-order valence-corrected chi connectivity index (χ1v) is 37.6. The van der Waals surface area contributed by atoms with Gasteiger partial charge in [0.05, 0.1) is 53.2 Å². The molecule has 18 nitrogen and oxygen atoms in total. The standard InChI is InChI=1S/C12H13NO.C11H10BrNO.C11H11NO.C10H9NO.2C10H11NO.C9H8BrNO.C9H9NO.C8H7NO.C2H6.9U/c1-3-12(14)13-7-6-10-8-9(2)4-5-11(10)13;1-2-11(14)13-6-5-8-7-9(12)3-4-10(8)13;1-2-11(13)12-8-7-9-5-3-4-6-10(9)12;1-8(12)11-7-6-9-4-2-3-5-10(9)11;1-3-10(12)11-9-6-4-8(2)5-7-9;1-3-10(12)11(2)9-7-5-4-6-8-9;1-2-9(12)11-8-5-3-7(10)4-6-8;1-8(11)10(2)9-6-4-3-5-7-9;1-7(10)9-8-5-3-2-4-6-8;1-2;;;;;;;;;/h3-4,8H,6-7H2,1-2H3;2-3,7H,5-6H2,1H3;2-5H,7-8H2,1H3;2-4H,1,6-7H2;3-6H,1-2H3,(H,11,12);3-7H,1-2H3;2-5H,1H3,(H,11,12);3-6H,1H2,2H3;2-5H,1H2,(H,9,10);1-2H3;;;;;;;;;/q9*-2;;9*+2. The topological polar surface area (TPSA) is 209 Å². The summed E-state index contributed by atoms with van der Waals surface area (Å²) in [7, 11) is 3.40. The van der Waals surface area contributed by atoms with Crippen molar-refractivity contribution in [1.82, 2.24) is 0 Å². The molecule has 9 amide bonds. The maximum Gasteiger partial charge on any atom is 2.00 e. The summed E-state index contributed by atoms with van der Waals surface area (Å²) in [6.07, 6.45) is 13.0. The van der Waals surface area contributed by atoms with Crippen molar-refractivity contribution in [3.05, 3.63) is 326 Å². The van der Waals surface area contributed by atoms with Crippen molar-refractivity contribution in [2.24, 2.45) is 0 Å². The summed E-state index contributed by atoms with van der Waals surface area (Å²) in [6, 6.07) is 79.4. The number of anilines is 9. The molecule has 4 aliphatic rings. The molecule has 29 heteroatoms. The molecule has 0 saturated heterocycles. The number of rotatable bonds is 11. The first kappa shape index (κ1) is 129. The Kier molecular flexibility index (Phi) is 78.3. The van der Waals surface area contributed by atoms with Gasteiger partial charge in [0.1, 0.15) is 0 Å². The number of carbonyl (C=O) groups excluding carboxylic acids is 9. The van der Waals surface area contributed by atoms with Crippen molar-refractivity contribution in [2.75, 3.05) is 85.6 Å². The molecule has 13 rings (SSSR count). The van der Waals surface area contributed by atoms with Gasteiger partial charge in [0.2, 0.25) is 0 Å². The van der Waals surface area contributed by atoms with Gasteiger partial charge in [-0.05, 0) is 0 Å². The molecule has 0 aliphatic carbocycles. The Morgan fingerprint density at radius 3 is 1.12 bits per heavy atom. The van der Waals surface area contributed by atoms with Crippen molar-refractivity contribution in [2.45, 2.75) is 94.9 Å². The summed E-state index contributed by atoms with van der Waals surface area (Å²) in [5.41, 5.74) is 14.5. The summed E-state index contributed by atoms with van der Waals surface area (Å²) in [4.78, 5) is 109. The first-order valence-electron chi connectivity index (χ1n) is 36.0. The zero-order valence-electron chi connectivity index (χ0n) is 70.0. The molecule has 9 aromatic carbocycles. The van der Waals surface area contributed by atoms with E-state index in [1.54, 1.807) is 136 Å². The van der Waals surface area contributed by atoms with Gasteiger partial charge in [-0.2, -0.15) is 247 Å². The van der Waals surface area contributed by atoms with Crippen molar-refractivity contribution in [3.8, 4) is 0 Å². The Hall–Kier alpha value is -2.53. The Morgan fingerprint density at radius 1 is 0.372 bits per heavy atom. The molecule has 612 valence electrons. The SMILES string of the molecule is CC.C[CH-]C(=O)N(C)c1[c-]cccc1.C[CH-]C(=O)N1CCc2cc(Br)c[c-]c21.C[CH-]C(=O)N1CCc2cc(C)c[c-]c21.C[CH-]C(=O)N1CCc2ccc[c-]c21.C[CH-]C(=O)Nc1[c-]cc(Br)cc1.C[CH-]C(=O)Nc1[c-]cc(C)cc1.[CH2-]C(=O)N(C)c1[c-]cccc1.[CH2-]C(=O)N1CCc2ccc[c-]c21.[CH2-]C(=O)Nc1[c-]cccc1.[U+2].[U+2].[U+2].[U+2].[U+2].[U+2].[U+2].[U+2].[U+2]. The van der Waals surface area contributed by atoms with Crippen LogP contribution in [-0.4, -0.2) is 93.4 Å². The maximum atomic E-state index is 11.5. The predicted octanol–water partition coefficient (Wildman–Crippen LogP) is 16.7. The minimum Gasteiger partial charge on any atom is -0.375 e. The average molecular weight is 3770 g/mol. The quantitative estimate of drug-likeness (QED) is 0.105. The molecule has 0 bridgehead atoms. The van der Waals surface area contributed by atoms with Crippen LogP contribution >= 0.6 is 31.9 Å². The summed E-state index contributed by atoms with van der Waals surface area (Å²) in [5.74, 6) is -0.723. The van der Waals surface area contributed by atoms with E-state index in [1.165, 1.54) is 52.0 Å². The molecule has 3 N–H and O–H groups in total. The second-order valence-electron chi connectivity index (χ2n) is 23.9. The van der Waals surface area contributed by atoms with E-state index >= 15 is 0 Å². The van der Waals surface area contributed by atoms with Crippen LogP contribution in [0.25, 0.3) is 0 Å². The Bertz CT molecular complexity index is 4350. The van der Waals surface area contributed by atoms with E-state index in [-0.39, 0.29) is 333 Å². The third-order valence-electron chi connectivity index (χ3n) is 16.1. The van der Waals surface area contributed by atoms with E-state index in [2.05, 4.69) is 141 Å². The van der Waals surface area contributed by atoms with Crippen molar-refractivity contribution in [1.29, 1.82) is 0 Å². The number of hydrogen-bond acceptors (Lipinski definition) is 9. The van der Waals surface area contributed by atoms with E-state index in [4.69, 9.17) is 0 Å². The Balaban J connectivity index is -0.000000304. The zero-order chi connectivity index (χ0) is 82.7. The molecular weight excluding hydrogens is 3680 g/mol. The van der Waals surface area contributed by atoms with Crippen molar-refractivity contribution >= 4 is 136 Å². The van der Waals surface area contributed by atoms with Crippen LogP contribution in [0.3, 0.4) is 0 Å². The molecule has 9 aromatic rings. The smallest absolute Gasteiger partial charge is 0.375 e. The van der Waals surface area contributed by atoms with E-state index in [0.29, 0.717) is 17.1 Å². The number of aryl methyl sites for hydroxylation is 2. The van der Waals surface area contributed by atoms with Gasteiger partial charge in [-0.25, -0.2) is 0 Å². The molecule has 121 heavy (non-hydrogen) atoms. The van der Waals surface area contributed by atoms with Gasteiger partial charge in [0.15, 0.2) is 0 Å². The predicted molar refractivity (Wildman–Crippen MR) is 457 cm³/mol. The van der Waals surface area contributed by atoms with Gasteiger partial charge >= 0.3 is 280 Å². The third-order valence-corrected chi connectivity index (χ3v) is 17.1. The maximum absolute atomic E-state index is 11.5. The van der Waals surface area contributed by atoms with Gasteiger partial charge in [0, 0.05) is 40.3 Å². The summed E-state index contributed by atoms with van der Waals surface area (Å²) in [6.45, 7) is 31.4. The largest absolute Gasteiger partial charge is 2.00 e. The average Bonchev–Trinajstić information content (AvgIpc) is 1.67. The first-order chi connectivity index (χ1) is 53.7. The number of halogens is 2. The van der Waals surface area contributed by atoms with Gasteiger partial charge in [-0.15, -0.1) is 84.4 Å². The monoisotopic (exact) mass is 3770 g/mol. The van der Waals surface area contributed by atoms with Crippen LogP contribution in [0.15, 0.2) is 179 Å². The molecule has 0 fully saturated rings. The second-order valence-corrected chi connectivity index (χ2v) is 25.8. The van der Waals surface area contributed by atoms with E-state index in [1.807, 2.05) is 143 Å². The fourth-order valence-corrected chi connectivity index (χ4v) is 11.0. The molecule has 0 unspecified atom stereocenters. The van der Waals surface area contributed by atoms with Crippen LogP contribution in [0.4, 0.5) is 51.2 Å². The molecule has 0 saturated carbocycles. The van der Waals surface area contributed by atoms with Crippen LogP contribution in [0.1, 0.15) is 88.8 Å². The molecule has 0 radical (unpaired) electrons. The molecular formula is C92H95Br2N9O9U9. The number of hydrogen-bond donors (Lipinski definition) is 3. The Morgan fingerprint density at radius 2 is 0.744 bits per heavy atom. The van der Waals surface area contributed by atoms with Crippen LogP contribution < -0.4 is 45.3 Å². The molecule has 0 atom stereocenters. The summed E-state index contributed by atoms with van der Waals surface area (Å²) in [5, 5.41) is 7.82. The van der Waals surface area contributed by atoms with Crippen molar-refractivity contribution < 1.29 is 323 Å². The van der Waals surface area contributed by atoms with Gasteiger partial charge < -0.3 is 148 Å². The van der Waals surface area contributed by atoms with Crippen molar-refractivity contribution in [3.63, 3.8) is 0 Å². The molecule has 0 spiro atoms. The summed E-state index contributed by atoms with van der Waals surface area (Å²) >= 11 is 6.67. The van der Waals surface area contributed by atoms with E-state index in [0.717, 1.165) is 100 Å². The van der Waals surface area contributed by atoms with Crippen LogP contribution in [-0.2, 0) is 68.8 Å². The van der Waals surface area contributed by atoms with Gasteiger partial charge in [-0.3, -0.25) is 0 Å². The number of fused-ring (bicyclic) bond motifs is 4. The van der Waals surface area contributed by atoms with Crippen LogP contribution in [0.2, 0.25) is 0 Å². The summed E-state index contributed by atoms with van der Waals surface area (Å²) < 4.78 is 1.96. The number of amides is 9. The van der Waals surface area contributed by atoms with E-state index in [9.17, 15) is 43.2 Å². The number of benzene rings is 9. The fourth-order valence-electron chi connectivity index (χ4n) is 10.4. The molecule has 4 heterocycles. The number of para-hydroxylation sites is 5. The zero-order valence-corrected chi connectivity index (χ0v) is 111. The minimum absolute atomic E-state index is 0. The normalized spacial score (nSPS) is 10.5. The number of carbonyl (C=O) groups is 9. The van der Waals surface area contributed by atoms with Crippen LogP contribution in [0, 0.1) is 408 Å². The molecule has 0 aromatic heterocycles. The van der Waals surface area contributed by atoms with E-state index < -0.39 is 0 Å². The fraction of sp³-hybridized carbons (Fsp3) is 0.217. The van der Waals surface area contributed by atoms with Gasteiger partial charge in [-0.1, -0.05) is 114 Å². The molecule has 4 aliphatic heterocycles. The third kappa shape index (κ3) is 47.6. The van der Waals surface area contributed by atoms with Gasteiger partial charge in [0.25, 0.3) is 0 Å². The second kappa shape index (κ2) is 73.3. The minimum atomic E-state index is -0.317.